The number of rotatable bonds is 6. The molecule has 0 heterocycles. The maximum atomic E-state index is 12.7. The molecule has 0 aromatic heterocycles. The number of non-ortho nitro benzene ring substituents is 1. The minimum absolute atomic E-state index is 0.00654. The summed E-state index contributed by atoms with van der Waals surface area (Å²) >= 11 is 4.52. The van der Waals surface area contributed by atoms with E-state index in [9.17, 15) is 27.7 Å². The zero-order valence-electron chi connectivity index (χ0n) is 10.2. The molecule has 21 heavy (non-hydrogen) atoms. The minimum Gasteiger partial charge on any atom is -0.487 e. The predicted octanol–water partition coefficient (Wildman–Crippen LogP) is 2.53. The Kier molecular flexibility index (Phi) is 5.24. The minimum atomic E-state index is -4.37. The van der Waals surface area contributed by atoms with Gasteiger partial charge in [0.15, 0.2) is 11.7 Å². The van der Waals surface area contributed by atoms with Gasteiger partial charge >= 0.3 is 12.3 Å². The van der Waals surface area contributed by atoms with E-state index < -0.39 is 35.3 Å². The Balaban J connectivity index is 2.98. The first-order valence-corrected chi connectivity index (χ1v) is 5.67. The van der Waals surface area contributed by atoms with Gasteiger partial charge in [-0.2, -0.15) is 8.78 Å². The van der Waals surface area contributed by atoms with Crippen LogP contribution in [0.4, 0.5) is 28.9 Å². The molecule has 0 amide bonds. The number of benzene rings is 1. The SMILES string of the molecule is NC(=S)Nc1cc(OCC(F)(F)C(F)F)cc([N+](=O)[O-])c1. The lowest BCUT2D eigenvalue weighted by atomic mass is 10.2. The number of hydrogen-bond donors (Lipinski definition) is 2. The fourth-order valence-electron chi connectivity index (χ4n) is 1.23. The van der Waals surface area contributed by atoms with Crippen molar-refractivity contribution >= 4 is 28.7 Å². The molecule has 11 heteroatoms. The molecule has 0 radical (unpaired) electrons. The molecule has 0 unspecified atom stereocenters. The molecule has 1 rings (SSSR count). The highest BCUT2D eigenvalue weighted by molar-refractivity contribution is 7.80. The summed E-state index contributed by atoms with van der Waals surface area (Å²) in [6.45, 7) is -1.63. The van der Waals surface area contributed by atoms with Crippen LogP contribution >= 0.6 is 12.2 Å². The van der Waals surface area contributed by atoms with Gasteiger partial charge in [-0.25, -0.2) is 8.78 Å². The van der Waals surface area contributed by atoms with E-state index in [1.807, 2.05) is 0 Å². The van der Waals surface area contributed by atoms with E-state index in [0.29, 0.717) is 0 Å². The molecule has 3 N–H and O–H groups in total. The fourth-order valence-corrected chi connectivity index (χ4v) is 1.35. The highest BCUT2D eigenvalue weighted by atomic mass is 32.1. The van der Waals surface area contributed by atoms with Gasteiger partial charge in [0, 0.05) is 12.1 Å². The number of ether oxygens (including phenoxy) is 1. The molecule has 0 atom stereocenters. The van der Waals surface area contributed by atoms with Crippen LogP contribution in [0.2, 0.25) is 0 Å². The number of alkyl halides is 4. The van der Waals surface area contributed by atoms with Gasteiger partial charge in [-0.15, -0.1) is 0 Å². The van der Waals surface area contributed by atoms with E-state index in [1.165, 1.54) is 0 Å². The summed E-state index contributed by atoms with van der Waals surface area (Å²) in [7, 11) is 0. The first-order valence-electron chi connectivity index (χ1n) is 5.26. The van der Waals surface area contributed by atoms with Gasteiger partial charge in [0.05, 0.1) is 16.7 Å². The number of nitrogens with zero attached hydrogens (tertiary/aromatic N) is 1. The summed E-state index contributed by atoms with van der Waals surface area (Å²) in [6, 6.07) is 2.90. The maximum Gasteiger partial charge on any atom is 0.340 e. The molecule has 0 saturated heterocycles. The van der Waals surface area contributed by atoms with Crippen molar-refractivity contribution in [3.8, 4) is 5.75 Å². The molecule has 1 aromatic rings. The molecule has 0 bridgehead atoms. The monoisotopic (exact) mass is 327 g/mol. The van der Waals surface area contributed by atoms with Crippen molar-refractivity contribution in [1.82, 2.24) is 0 Å². The molecule has 0 spiro atoms. The van der Waals surface area contributed by atoms with E-state index in [2.05, 4.69) is 22.3 Å². The van der Waals surface area contributed by atoms with Gasteiger partial charge in [-0.05, 0) is 12.2 Å². The summed E-state index contributed by atoms with van der Waals surface area (Å²) in [5.74, 6) is -4.77. The lowest BCUT2D eigenvalue weighted by Crippen LogP contribution is -2.33. The predicted molar refractivity (Wildman–Crippen MR) is 70.0 cm³/mol. The van der Waals surface area contributed by atoms with Crippen LogP contribution in [0, 0.1) is 10.1 Å². The molecule has 0 aliphatic rings. The highest BCUT2D eigenvalue weighted by Crippen LogP contribution is 2.29. The molecule has 6 nitrogen and oxygen atoms in total. The number of nitro groups is 1. The van der Waals surface area contributed by atoms with Crippen molar-refractivity contribution in [3.63, 3.8) is 0 Å². The van der Waals surface area contributed by atoms with Gasteiger partial charge in [0.2, 0.25) is 0 Å². The molecule has 0 saturated carbocycles. The van der Waals surface area contributed by atoms with Gasteiger partial charge < -0.3 is 15.8 Å². The average Bonchev–Trinajstić information content (AvgIpc) is 2.35. The van der Waals surface area contributed by atoms with Crippen LogP contribution in [0.3, 0.4) is 0 Å². The third kappa shape index (κ3) is 5.02. The van der Waals surface area contributed by atoms with Gasteiger partial charge in [-0.1, -0.05) is 0 Å². The summed E-state index contributed by atoms with van der Waals surface area (Å²) in [5, 5.41) is 12.8. The van der Waals surface area contributed by atoms with Crippen LogP contribution < -0.4 is 15.8 Å². The Morgan fingerprint density at radius 1 is 1.48 bits per heavy atom. The van der Waals surface area contributed by atoms with Gasteiger partial charge in [-0.3, -0.25) is 10.1 Å². The lowest BCUT2D eigenvalue weighted by molar-refractivity contribution is -0.384. The standard InChI is InChI=1S/C10H9F4N3O3S/c11-8(12)10(13,14)4-20-7-2-5(16-9(15)21)1-6(3-7)17(18)19/h1-3,8H,4H2,(H3,15,16,21). The fraction of sp³-hybridized carbons (Fsp3) is 0.300. The molecular weight excluding hydrogens is 318 g/mol. The Bertz CT molecular complexity index is 556. The number of halogens is 4. The van der Waals surface area contributed by atoms with Crippen molar-refractivity contribution in [3.05, 3.63) is 28.3 Å². The Morgan fingerprint density at radius 2 is 2.10 bits per heavy atom. The molecule has 0 aliphatic carbocycles. The van der Waals surface area contributed by atoms with Crippen molar-refractivity contribution in [1.29, 1.82) is 0 Å². The quantitative estimate of drug-likeness (QED) is 0.361. The van der Waals surface area contributed by atoms with Crippen LogP contribution in [0.5, 0.6) is 5.75 Å². The second-order valence-electron chi connectivity index (χ2n) is 3.81. The Morgan fingerprint density at radius 3 is 2.57 bits per heavy atom. The van der Waals surface area contributed by atoms with Gasteiger partial charge in [0.25, 0.3) is 5.69 Å². The summed E-state index contributed by atoms with van der Waals surface area (Å²) < 4.78 is 53.9. The number of nitrogens with two attached hydrogens (primary N) is 1. The first-order chi connectivity index (χ1) is 9.61. The molecule has 0 fully saturated rings. The van der Waals surface area contributed by atoms with E-state index in [4.69, 9.17) is 5.73 Å². The average molecular weight is 327 g/mol. The van der Waals surface area contributed by atoms with Crippen LogP contribution in [0.25, 0.3) is 0 Å². The van der Waals surface area contributed by atoms with Crippen LogP contribution in [0.1, 0.15) is 0 Å². The van der Waals surface area contributed by atoms with Crippen LogP contribution in [0.15, 0.2) is 18.2 Å². The van der Waals surface area contributed by atoms with Crippen molar-refractivity contribution < 1.29 is 27.2 Å². The number of anilines is 1. The summed E-state index contributed by atoms with van der Waals surface area (Å²) in [6.07, 6.45) is -3.91. The Hall–Kier alpha value is -2.17. The molecule has 0 aliphatic heterocycles. The van der Waals surface area contributed by atoms with Crippen molar-refractivity contribution in [2.75, 3.05) is 11.9 Å². The second-order valence-corrected chi connectivity index (χ2v) is 4.25. The van der Waals surface area contributed by atoms with E-state index in [-0.39, 0.29) is 10.8 Å². The molecule has 116 valence electrons. The third-order valence-electron chi connectivity index (χ3n) is 2.12. The molecule has 1 aromatic carbocycles. The zero-order chi connectivity index (χ0) is 16.2. The van der Waals surface area contributed by atoms with Crippen LogP contribution in [-0.2, 0) is 0 Å². The normalized spacial score (nSPS) is 11.3. The third-order valence-corrected chi connectivity index (χ3v) is 2.22. The van der Waals surface area contributed by atoms with Gasteiger partial charge in [0.1, 0.15) is 5.75 Å². The smallest absolute Gasteiger partial charge is 0.340 e. The molecular formula is C10H9F4N3O3S. The largest absolute Gasteiger partial charge is 0.487 e. The van der Waals surface area contributed by atoms with Crippen LogP contribution in [-0.4, -0.2) is 29.0 Å². The van der Waals surface area contributed by atoms with Crippen molar-refractivity contribution in [2.45, 2.75) is 12.3 Å². The summed E-state index contributed by atoms with van der Waals surface area (Å²) in [4.78, 5) is 9.87. The first kappa shape index (κ1) is 16.9. The second kappa shape index (κ2) is 6.52. The van der Waals surface area contributed by atoms with Crippen molar-refractivity contribution in [2.24, 2.45) is 5.73 Å². The Labute approximate surface area is 121 Å². The maximum absolute atomic E-state index is 12.7. The number of nitro benzene ring substituents is 1. The zero-order valence-corrected chi connectivity index (χ0v) is 11.0. The lowest BCUT2D eigenvalue weighted by Gasteiger charge is -2.16. The number of hydrogen-bond acceptors (Lipinski definition) is 4. The number of nitrogens with one attached hydrogen (secondary N) is 1. The number of thiocarbonyl (C=S) groups is 1. The summed E-state index contributed by atoms with van der Waals surface area (Å²) in [5.41, 5.74) is 4.67. The van der Waals surface area contributed by atoms with E-state index in [0.717, 1.165) is 18.2 Å². The highest BCUT2D eigenvalue weighted by Gasteiger charge is 2.41. The topological polar surface area (TPSA) is 90.4 Å². The van der Waals surface area contributed by atoms with E-state index in [1.54, 1.807) is 0 Å². The van der Waals surface area contributed by atoms with E-state index >= 15 is 0 Å².